The quantitative estimate of drug-likeness (QED) is 0.626. The predicted octanol–water partition coefficient (Wildman–Crippen LogP) is 4.36. The van der Waals surface area contributed by atoms with Crippen LogP contribution in [0.25, 0.3) is 0 Å². The van der Waals surface area contributed by atoms with E-state index in [1.54, 1.807) is 53.4 Å². The number of nitrogens with one attached hydrogen (secondary N) is 2. The number of anilines is 1. The van der Waals surface area contributed by atoms with Crippen LogP contribution in [0.3, 0.4) is 0 Å². The molecule has 3 rings (SSSR count). The topological polar surface area (TPSA) is 78.5 Å². The number of likely N-dealkylation sites (tertiary alicyclic amines) is 1. The Morgan fingerprint density at radius 3 is 2.39 bits per heavy atom. The molecule has 7 heteroatoms. The lowest BCUT2D eigenvalue weighted by Crippen LogP contribution is -2.41. The third-order valence-electron chi connectivity index (χ3n) is 5.49. The first-order chi connectivity index (χ1) is 15.0. The van der Waals surface area contributed by atoms with Crippen molar-refractivity contribution in [1.82, 2.24) is 10.2 Å². The van der Waals surface area contributed by atoms with Gasteiger partial charge < -0.3 is 15.5 Å². The summed E-state index contributed by atoms with van der Waals surface area (Å²) in [5.74, 6) is -0.560. The zero-order chi connectivity index (χ0) is 22.2. The first-order valence-electron chi connectivity index (χ1n) is 10.7. The number of hydrogen-bond acceptors (Lipinski definition) is 3. The highest BCUT2D eigenvalue weighted by Crippen LogP contribution is 2.23. The van der Waals surface area contributed by atoms with Crippen molar-refractivity contribution in [1.29, 1.82) is 0 Å². The van der Waals surface area contributed by atoms with Crippen molar-refractivity contribution in [2.45, 2.75) is 32.6 Å². The van der Waals surface area contributed by atoms with Gasteiger partial charge in [0.25, 0.3) is 11.8 Å². The highest BCUT2D eigenvalue weighted by Gasteiger charge is 2.28. The second kappa shape index (κ2) is 11.0. The standard InChI is InChI=1S/C24H28ClN3O3/c1-2-3-14-26-23(30)20-6-4-5-7-21(20)27-22(29)17-12-15-28(16-13-17)24(31)18-8-10-19(25)11-9-18/h4-11,17H,2-3,12-16H2,1H3,(H,26,30)(H,27,29). The van der Waals surface area contributed by atoms with E-state index in [4.69, 9.17) is 11.6 Å². The van der Waals surface area contributed by atoms with E-state index in [0.29, 0.717) is 54.3 Å². The average Bonchev–Trinajstić information content (AvgIpc) is 2.79. The number of nitrogens with zero attached hydrogens (tertiary/aromatic N) is 1. The Bertz CT molecular complexity index is 922. The van der Waals surface area contributed by atoms with Crippen LogP contribution in [0.5, 0.6) is 0 Å². The Kier molecular flexibility index (Phi) is 8.06. The van der Waals surface area contributed by atoms with Crippen molar-refractivity contribution < 1.29 is 14.4 Å². The molecule has 0 spiro atoms. The van der Waals surface area contributed by atoms with Gasteiger partial charge in [0.05, 0.1) is 11.3 Å². The molecule has 164 valence electrons. The number of carbonyl (C=O) groups is 3. The van der Waals surface area contributed by atoms with E-state index in [1.165, 1.54) is 0 Å². The summed E-state index contributed by atoms with van der Waals surface area (Å²) in [6.07, 6.45) is 3.07. The van der Waals surface area contributed by atoms with Gasteiger partial charge in [0.2, 0.25) is 5.91 Å². The van der Waals surface area contributed by atoms with Crippen LogP contribution in [0, 0.1) is 5.92 Å². The molecule has 0 aromatic heterocycles. The van der Waals surface area contributed by atoms with Crippen LogP contribution < -0.4 is 10.6 Å². The molecule has 0 radical (unpaired) electrons. The minimum atomic E-state index is -0.203. The van der Waals surface area contributed by atoms with Crippen LogP contribution in [-0.2, 0) is 4.79 Å². The van der Waals surface area contributed by atoms with E-state index in [2.05, 4.69) is 17.6 Å². The monoisotopic (exact) mass is 441 g/mol. The summed E-state index contributed by atoms with van der Waals surface area (Å²) in [6.45, 7) is 3.70. The molecule has 1 saturated heterocycles. The minimum absolute atomic E-state index is 0.0513. The summed E-state index contributed by atoms with van der Waals surface area (Å²) < 4.78 is 0. The van der Waals surface area contributed by atoms with E-state index >= 15 is 0 Å². The normalized spacial score (nSPS) is 14.2. The molecule has 0 saturated carbocycles. The van der Waals surface area contributed by atoms with Gasteiger partial charge in [-0.15, -0.1) is 0 Å². The lowest BCUT2D eigenvalue weighted by molar-refractivity contribution is -0.121. The average molecular weight is 442 g/mol. The number of unbranched alkanes of at least 4 members (excludes halogenated alkanes) is 1. The van der Waals surface area contributed by atoms with Crippen LogP contribution in [0.15, 0.2) is 48.5 Å². The molecule has 1 aliphatic rings. The van der Waals surface area contributed by atoms with Crippen molar-refractivity contribution in [2.75, 3.05) is 25.0 Å². The zero-order valence-electron chi connectivity index (χ0n) is 17.7. The lowest BCUT2D eigenvalue weighted by atomic mass is 9.95. The van der Waals surface area contributed by atoms with Crippen LogP contribution in [0.4, 0.5) is 5.69 Å². The van der Waals surface area contributed by atoms with Gasteiger partial charge in [-0.3, -0.25) is 14.4 Å². The molecule has 0 unspecified atom stereocenters. The molecule has 1 aliphatic heterocycles. The Balaban J connectivity index is 1.56. The maximum Gasteiger partial charge on any atom is 0.253 e. The first kappa shape index (κ1) is 22.8. The maximum atomic E-state index is 12.8. The van der Waals surface area contributed by atoms with Gasteiger partial charge in [-0.05, 0) is 55.7 Å². The van der Waals surface area contributed by atoms with Gasteiger partial charge >= 0.3 is 0 Å². The van der Waals surface area contributed by atoms with Gasteiger partial charge in [0.15, 0.2) is 0 Å². The van der Waals surface area contributed by atoms with Gasteiger partial charge in [0, 0.05) is 36.1 Å². The Hall–Kier alpha value is -2.86. The van der Waals surface area contributed by atoms with Crippen molar-refractivity contribution in [3.8, 4) is 0 Å². The van der Waals surface area contributed by atoms with Crippen LogP contribution in [0.1, 0.15) is 53.3 Å². The molecule has 1 fully saturated rings. The Morgan fingerprint density at radius 2 is 1.71 bits per heavy atom. The van der Waals surface area contributed by atoms with Gasteiger partial charge in [-0.2, -0.15) is 0 Å². The predicted molar refractivity (Wildman–Crippen MR) is 122 cm³/mol. The molecule has 0 aliphatic carbocycles. The number of benzene rings is 2. The van der Waals surface area contributed by atoms with Crippen LogP contribution >= 0.6 is 11.6 Å². The molecule has 1 heterocycles. The molecular formula is C24H28ClN3O3. The van der Waals surface area contributed by atoms with E-state index in [-0.39, 0.29) is 23.6 Å². The molecule has 2 aromatic carbocycles. The van der Waals surface area contributed by atoms with Crippen molar-refractivity contribution in [3.05, 3.63) is 64.7 Å². The fourth-order valence-electron chi connectivity index (χ4n) is 3.62. The number of carbonyl (C=O) groups excluding carboxylic acids is 3. The molecule has 2 N–H and O–H groups in total. The number of hydrogen-bond donors (Lipinski definition) is 2. The Labute approximate surface area is 188 Å². The summed E-state index contributed by atoms with van der Waals surface area (Å²) in [4.78, 5) is 39.7. The van der Waals surface area contributed by atoms with Gasteiger partial charge in [-0.25, -0.2) is 0 Å². The van der Waals surface area contributed by atoms with E-state index in [9.17, 15) is 14.4 Å². The zero-order valence-corrected chi connectivity index (χ0v) is 18.5. The molecule has 6 nitrogen and oxygen atoms in total. The fraction of sp³-hybridized carbons (Fsp3) is 0.375. The molecule has 0 bridgehead atoms. The second-order valence-corrected chi connectivity index (χ2v) is 8.15. The maximum absolute atomic E-state index is 12.8. The lowest BCUT2D eigenvalue weighted by Gasteiger charge is -2.31. The van der Waals surface area contributed by atoms with Crippen LogP contribution in [0.2, 0.25) is 5.02 Å². The smallest absolute Gasteiger partial charge is 0.253 e. The summed E-state index contributed by atoms with van der Waals surface area (Å²) in [5.41, 5.74) is 1.57. The first-order valence-corrected chi connectivity index (χ1v) is 11.1. The number of amides is 3. The number of para-hydroxylation sites is 1. The molecule has 3 amide bonds. The molecule has 0 atom stereocenters. The summed E-state index contributed by atoms with van der Waals surface area (Å²) in [5, 5.41) is 6.39. The summed E-state index contributed by atoms with van der Waals surface area (Å²) in [6, 6.07) is 13.9. The number of piperidine rings is 1. The fourth-order valence-corrected chi connectivity index (χ4v) is 3.74. The summed E-state index contributed by atoms with van der Waals surface area (Å²) in [7, 11) is 0. The van der Waals surface area contributed by atoms with Crippen LogP contribution in [-0.4, -0.2) is 42.3 Å². The third kappa shape index (κ3) is 6.07. The van der Waals surface area contributed by atoms with E-state index < -0.39 is 0 Å². The van der Waals surface area contributed by atoms with E-state index in [0.717, 1.165) is 12.8 Å². The minimum Gasteiger partial charge on any atom is -0.352 e. The second-order valence-electron chi connectivity index (χ2n) is 7.72. The van der Waals surface area contributed by atoms with Crippen molar-refractivity contribution >= 4 is 35.0 Å². The van der Waals surface area contributed by atoms with E-state index in [1.807, 2.05) is 0 Å². The molecule has 31 heavy (non-hydrogen) atoms. The number of rotatable bonds is 7. The summed E-state index contributed by atoms with van der Waals surface area (Å²) >= 11 is 5.89. The Morgan fingerprint density at radius 1 is 1.03 bits per heavy atom. The molecule has 2 aromatic rings. The highest BCUT2D eigenvalue weighted by molar-refractivity contribution is 6.30. The molecular weight excluding hydrogens is 414 g/mol. The van der Waals surface area contributed by atoms with Gasteiger partial charge in [0.1, 0.15) is 0 Å². The largest absolute Gasteiger partial charge is 0.352 e. The van der Waals surface area contributed by atoms with Gasteiger partial charge in [-0.1, -0.05) is 37.1 Å². The third-order valence-corrected chi connectivity index (χ3v) is 5.74. The van der Waals surface area contributed by atoms with Crippen molar-refractivity contribution in [3.63, 3.8) is 0 Å². The number of halogens is 1. The van der Waals surface area contributed by atoms with Crippen molar-refractivity contribution in [2.24, 2.45) is 5.92 Å². The highest BCUT2D eigenvalue weighted by atomic mass is 35.5. The SMILES string of the molecule is CCCCNC(=O)c1ccccc1NC(=O)C1CCN(C(=O)c2ccc(Cl)cc2)CC1.